The number of amides is 1. The highest BCUT2D eigenvalue weighted by Gasteiger charge is 2.41. The van der Waals surface area contributed by atoms with Crippen LogP contribution in [0.1, 0.15) is 32.1 Å². The zero-order chi connectivity index (χ0) is 14.1. The van der Waals surface area contributed by atoms with E-state index >= 15 is 0 Å². The number of nitrogens with zero attached hydrogens (tertiary/aromatic N) is 1. The second-order valence-corrected chi connectivity index (χ2v) is 6.43. The minimum Gasteiger partial charge on any atom is -0.327 e. The van der Waals surface area contributed by atoms with Gasteiger partial charge in [-0.2, -0.15) is 0 Å². The smallest absolute Gasteiger partial charge is 0.229 e. The zero-order valence-corrected chi connectivity index (χ0v) is 13.4. The Labute approximate surface area is 133 Å². The molecule has 2 atom stereocenters. The molecule has 2 fully saturated rings. The van der Waals surface area contributed by atoms with Gasteiger partial charge in [0.1, 0.15) is 0 Å². The summed E-state index contributed by atoms with van der Waals surface area (Å²) < 4.78 is 0. The SMILES string of the molecule is CN(C(=O)C1CC2CCCC(C1)C2N)c1ccccc1.Cl. The fourth-order valence-electron chi connectivity index (χ4n) is 4.04. The summed E-state index contributed by atoms with van der Waals surface area (Å²) in [4.78, 5) is 14.5. The lowest BCUT2D eigenvalue weighted by molar-refractivity contribution is -0.124. The van der Waals surface area contributed by atoms with Gasteiger partial charge in [0.15, 0.2) is 0 Å². The van der Waals surface area contributed by atoms with E-state index in [4.69, 9.17) is 5.73 Å². The van der Waals surface area contributed by atoms with E-state index in [0.717, 1.165) is 18.5 Å². The molecule has 1 amide bonds. The predicted molar refractivity (Wildman–Crippen MR) is 88.6 cm³/mol. The number of nitrogens with two attached hydrogens (primary N) is 1. The van der Waals surface area contributed by atoms with E-state index in [9.17, 15) is 4.79 Å². The lowest BCUT2D eigenvalue weighted by atomic mass is 9.65. The molecule has 21 heavy (non-hydrogen) atoms. The van der Waals surface area contributed by atoms with Gasteiger partial charge >= 0.3 is 0 Å². The molecule has 0 aromatic heterocycles. The molecule has 0 spiro atoms. The Bertz CT molecular complexity index is 465. The van der Waals surface area contributed by atoms with Crippen LogP contribution in [0.25, 0.3) is 0 Å². The van der Waals surface area contributed by atoms with Crippen molar-refractivity contribution in [3.8, 4) is 0 Å². The van der Waals surface area contributed by atoms with Crippen molar-refractivity contribution in [1.82, 2.24) is 0 Å². The number of benzene rings is 1. The van der Waals surface area contributed by atoms with Crippen LogP contribution in [0.3, 0.4) is 0 Å². The number of rotatable bonds is 2. The number of carbonyl (C=O) groups is 1. The zero-order valence-electron chi connectivity index (χ0n) is 12.6. The Kier molecular flexibility index (Phi) is 5.28. The molecule has 2 aliphatic rings. The molecule has 4 heteroatoms. The third-order valence-electron chi connectivity index (χ3n) is 5.24. The van der Waals surface area contributed by atoms with Gasteiger partial charge < -0.3 is 10.6 Å². The maximum Gasteiger partial charge on any atom is 0.229 e. The highest BCUT2D eigenvalue weighted by atomic mass is 35.5. The summed E-state index contributed by atoms with van der Waals surface area (Å²) in [5.41, 5.74) is 7.29. The van der Waals surface area contributed by atoms with E-state index in [0.29, 0.717) is 17.9 Å². The standard InChI is InChI=1S/C17H24N2O.ClH/c1-19(15-8-3-2-4-9-15)17(20)14-10-12-6-5-7-13(11-14)16(12)18;/h2-4,8-9,12-14,16H,5-7,10-11,18H2,1H3;1H. The number of fused-ring (bicyclic) bond motifs is 2. The van der Waals surface area contributed by atoms with E-state index in [1.54, 1.807) is 0 Å². The van der Waals surface area contributed by atoms with E-state index < -0.39 is 0 Å². The third kappa shape index (κ3) is 3.24. The molecule has 0 heterocycles. The molecule has 0 radical (unpaired) electrons. The van der Waals surface area contributed by atoms with Crippen LogP contribution in [0.4, 0.5) is 5.69 Å². The molecule has 3 rings (SSSR count). The average Bonchev–Trinajstić information content (AvgIpc) is 2.46. The molecule has 2 bridgehead atoms. The fraction of sp³-hybridized carbons (Fsp3) is 0.588. The third-order valence-corrected chi connectivity index (χ3v) is 5.24. The summed E-state index contributed by atoms with van der Waals surface area (Å²) in [6.45, 7) is 0. The van der Waals surface area contributed by atoms with Crippen molar-refractivity contribution in [2.24, 2.45) is 23.5 Å². The Hall–Kier alpha value is -1.06. The first-order valence-electron chi connectivity index (χ1n) is 7.75. The molecule has 0 aliphatic heterocycles. The van der Waals surface area contributed by atoms with Gasteiger partial charge in [-0.15, -0.1) is 12.4 Å². The summed E-state index contributed by atoms with van der Waals surface area (Å²) in [5.74, 6) is 1.54. The normalized spacial score (nSPS) is 31.1. The van der Waals surface area contributed by atoms with Gasteiger partial charge in [0.05, 0.1) is 0 Å². The lowest BCUT2D eigenvalue weighted by Gasteiger charge is -2.44. The van der Waals surface area contributed by atoms with Gasteiger partial charge in [-0.25, -0.2) is 0 Å². The van der Waals surface area contributed by atoms with Gasteiger partial charge in [-0.3, -0.25) is 4.79 Å². The van der Waals surface area contributed by atoms with Gasteiger partial charge in [0.2, 0.25) is 5.91 Å². The first kappa shape index (κ1) is 16.3. The Morgan fingerprint density at radius 3 is 2.29 bits per heavy atom. The fourth-order valence-corrected chi connectivity index (χ4v) is 4.04. The van der Waals surface area contributed by atoms with Gasteiger partial charge in [-0.1, -0.05) is 24.6 Å². The minimum atomic E-state index is 0. The first-order valence-corrected chi connectivity index (χ1v) is 7.75. The van der Waals surface area contributed by atoms with Crippen LogP contribution in [0, 0.1) is 17.8 Å². The van der Waals surface area contributed by atoms with Crippen molar-refractivity contribution in [3.05, 3.63) is 30.3 Å². The van der Waals surface area contributed by atoms with Crippen LogP contribution in [0.2, 0.25) is 0 Å². The molecule has 2 N–H and O–H groups in total. The highest BCUT2D eigenvalue weighted by Crippen LogP contribution is 2.42. The van der Waals surface area contributed by atoms with E-state index in [1.807, 2.05) is 42.3 Å². The molecule has 2 unspecified atom stereocenters. The van der Waals surface area contributed by atoms with Crippen molar-refractivity contribution in [2.45, 2.75) is 38.1 Å². The summed E-state index contributed by atoms with van der Waals surface area (Å²) in [6, 6.07) is 10.2. The summed E-state index contributed by atoms with van der Waals surface area (Å²) in [5, 5.41) is 0. The van der Waals surface area contributed by atoms with Crippen molar-refractivity contribution in [2.75, 3.05) is 11.9 Å². The van der Waals surface area contributed by atoms with Crippen molar-refractivity contribution < 1.29 is 4.79 Å². The summed E-state index contributed by atoms with van der Waals surface area (Å²) in [6.07, 6.45) is 5.66. The Morgan fingerprint density at radius 2 is 1.71 bits per heavy atom. The largest absolute Gasteiger partial charge is 0.327 e. The maximum atomic E-state index is 12.7. The maximum absolute atomic E-state index is 12.7. The number of carbonyl (C=O) groups excluding carboxylic acids is 1. The summed E-state index contributed by atoms with van der Waals surface area (Å²) >= 11 is 0. The lowest BCUT2D eigenvalue weighted by Crippen LogP contribution is -2.49. The quantitative estimate of drug-likeness (QED) is 0.912. The molecule has 3 nitrogen and oxygen atoms in total. The van der Waals surface area contributed by atoms with Crippen LogP contribution < -0.4 is 10.6 Å². The number of halogens is 1. The molecular weight excluding hydrogens is 284 g/mol. The number of para-hydroxylation sites is 1. The van der Waals surface area contributed by atoms with Crippen LogP contribution in [-0.2, 0) is 4.79 Å². The second-order valence-electron chi connectivity index (χ2n) is 6.43. The van der Waals surface area contributed by atoms with Crippen LogP contribution in [-0.4, -0.2) is 19.0 Å². The van der Waals surface area contributed by atoms with E-state index in [1.165, 1.54) is 19.3 Å². The minimum absolute atomic E-state index is 0. The van der Waals surface area contributed by atoms with Gasteiger partial charge in [0, 0.05) is 24.7 Å². The van der Waals surface area contributed by atoms with Crippen molar-refractivity contribution in [3.63, 3.8) is 0 Å². The average molecular weight is 309 g/mol. The monoisotopic (exact) mass is 308 g/mol. The van der Waals surface area contributed by atoms with Gasteiger partial charge in [-0.05, 0) is 49.7 Å². The van der Waals surface area contributed by atoms with Crippen LogP contribution >= 0.6 is 12.4 Å². The molecule has 1 aromatic carbocycles. The summed E-state index contributed by atoms with van der Waals surface area (Å²) in [7, 11) is 1.89. The van der Waals surface area contributed by atoms with E-state index in [2.05, 4.69) is 0 Å². The molecular formula is C17H25ClN2O. The molecule has 0 saturated heterocycles. The Balaban J connectivity index is 0.00000161. The first-order chi connectivity index (χ1) is 9.66. The van der Waals surface area contributed by atoms with Crippen LogP contribution in [0.15, 0.2) is 30.3 Å². The molecule has 2 aliphatic carbocycles. The highest BCUT2D eigenvalue weighted by molar-refractivity contribution is 5.94. The van der Waals surface area contributed by atoms with Crippen LogP contribution in [0.5, 0.6) is 0 Å². The van der Waals surface area contributed by atoms with E-state index in [-0.39, 0.29) is 24.2 Å². The number of hydrogen-bond acceptors (Lipinski definition) is 2. The van der Waals surface area contributed by atoms with Crippen molar-refractivity contribution >= 4 is 24.0 Å². The van der Waals surface area contributed by atoms with Gasteiger partial charge in [0.25, 0.3) is 0 Å². The molecule has 2 saturated carbocycles. The second kappa shape index (κ2) is 6.80. The van der Waals surface area contributed by atoms with Crippen molar-refractivity contribution in [1.29, 1.82) is 0 Å². The Morgan fingerprint density at radius 1 is 1.14 bits per heavy atom. The number of anilines is 1. The molecule has 1 aromatic rings. The topological polar surface area (TPSA) is 46.3 Å². The predicted octanol–water partition coefficient (Wildman–Crippen LogP) is 3.22. The number of hydrogen-bond donors (Lipinski definition) is 1. The molecule has 116 valence electrons.